The number of ether oxygens (including phenoxy) is 1. The van der Waals surface area contributed by atoms with Gasteiger partial charge < -0.3 is 4.74 Å². The van der Waals surface area contributed by atoms with E-state index in [2.05, 4.69) is 0 Å². The van der Waals surface area contributed by atoms with Gasteiger partial charge in [0.1, 0.15) is 0 Å². The molecule has 2 bridgehead atoms. The maximum Gasteiger partial charge on any atom is 0.241 e. The van der Waals surface area contributed by atoms with E-state index in [0.29, 0.717) is 11.3 Å². The van der Waals surface area contributed by atoms with Crippen LogP contribution in [0.2, 0.25) is 0 Å². The van der Waals surface area contributed by atoms with Crippen LogP contribution in [0.3, 0.4) is 0 Å². The highest BCUT2D eigenvalue weighted by atomic mass is 16.5. The van der Waals surface area contributed by atoms with E-state index in [4.69, 9.17) is 4.74 Å². The Morgan fingerprint density at radius 1 is 1.27 bits per heavy atom. The van der Waals surface area contributed by atoms with Crippen LogP contribution in [0.1, 0.15) is 24.2 Å². The molecule has 2 amide bonds. The third kappa shape index (κ3) is 1.54. The predicted octanol–water partition coefficient (Wildman–Crippen LogP) is 1.72. The summed E-state index contributed by atoms with van der Waals surface area (Å²) in [7, 11) is 0. The summed E-state index contributed by atoms with van der Waals surface area (Å²) in [5.74, 6) is -1.52. The number of carbonyl (C=O) groups excluding carboxylic acids is 3. The summed E-state index contributed by atoms with van der Waals surface area (Å²) < 4.78 is 5.78. The van der Waals surface area contributed by atoms with E-state index >= 15 is 0 Å². The van der Waals surface area contributed by atoms with Gasteiger partial charge in [-0.25, -0.2) is 4.90 Å². The van der Waals surface area contributed by atoms with Crippen LogP contribution in [-0.2, 0) is 14.3 Å². The Balaban J connectivity index is 1.77. The summed E-state index contributed by atoms with van der Waals surface area (Å²) in [5, 5.41) is 0. The number of nitrogens with zero attached hydrogens (tertiary/aromatic N) is 1. The topological polar surface area (TPSA) is 63.7 Å². The Morgan fingerprint density at radius 2 is 2.05 bits per heavy atom. The molecular weight excluding hydrogens is 282 g/mol. The number of benzene rings is 1. The second kappa shape index (κ2) is 4.14. The van der Waals surface area contributed by atoms with Crippen molar-refractivity contribution in [3.63, 3.8) is 0 Å². The normalized spacial score (nSPS) is 35.4. The van der Waals surface area contributed by atoms with Gasteiger partial charge >= 0.3 is 0 Å². The minimum absolute atomic E-state index is 0.0989. The smallest absolute Gasteiger partial charge is 0.241 e. The summed E-state index contributed by atoms with van der Waals surface area (Å²) >= 11 is 0. The second-order valence-electron chi connectivity index (χ2n) is 6.25. The zero-order chi connectivity index (χ0) is 15.6. The number of carbonyl (C=O) groups is 3. The predicted molar refractivity (Wildman–Crippen MR) is 78.3 cm³/mol. The van der Waals surface area contributed by atoms with Gasteiger partial charge in [0.2, 0.25) is 11.8 Å². The lowest BCUT2D eigenvalue weighted by atomic mass is 9.78. The number of anilines is 1. The monoisotopic (exact) mass is 297 g/mol. The number of ketones is 1. The Hall–Kier alpha value is -2.27. The summed E-state index contributed by atoms with van der Waals surface area (Å²) in [6, 6.07) is 6.64. The summed E-state index contributed by atoms with van der Waals surface area (Å²) in [6.07, 6.45) is 3.41. The van der Waals surface area contributed by atoms with Gasteiger partial charge in [-0.2, -0.15) is 0 Å². The molecule has 112 valence electrons. The molecule has 2 fully saturated rings. The van der Waals surface area contributed by atoms with Crippen molar-refractivity contribution in [2.75, 3.05) is 4.90 Å². The van der Waals surface area contributed by atoms with Gasteiger partial charge in [0.15, 0.2) is 5.78 Å². The fourth-order valence-electron chi connectivity index (χ4n) is 3.77. The van der Waals surface area contributed by atoms with Crippen molar-refractivity contribution in [1.82, 2.24) is 0 Å². The van der Waals surface area contributed by atoms with Crippen LogP contribution in [0.25, 0.3) is 0 Å². The van der Waals surface area contributed by atoms with Crippen molar-refractivity contribution >= 4 is 23.3 Å². The first kappa shape index (κ1) is 13.4. The highest BCUT2D eigenvalue weighted by molar-refractivity contribution is 6.23. The van der Waals surface area contributed by atoms with Crippen molar-refractivity contribution in [3.05, 3.63) is 42.0 Å². The van der Waals surface area contributed by atoms with Gasteiger partial charge in [0, 0.05) is 5.56 Å². The molecular formula is C17H15NO4. The van der Waals surface area contributed by atoms with Crippen LogP contribution < -0.4 is 4.90 Å². The Labute approximate surface area is 127 Å². The first-order chi connectivity index (χ1) is 10.4. The maximum absolute atomic E-state index is 12.8. The lowest BCUT2D eigenvalue weighted by Gasteiger charge is -2.24. The molecule has 5 nitrogen and oxygen atoms in total. The van der Waals surface area contributed by atoms with Crippen molar-refractivity contribution in [2.45, 2.75) is 25.6 Å². The minimum atomic E-state index is -0.699. The third-order valence-corrected chi connectivity index (χ3v) is 4.84. The van der Waals surface area contributed by atoms with Crippen LogP contribution in [-0.4, -0.2) is 29.3 Å². The highest BCUT2D eigenvalue weighted by Crippen LogP contribution is 2.52. The number of hydrogen-bond donors (Lipinski definition) is 0. The number of fused-ring (bicyclic) bond motifs is 5. The van der Waals surface area contributed by atoms with Crippen molar-refractivity contribution in [2.24, 2.45) is 11.8 Å². The third-order valence-electron chi connectivity index (χ3n) is 4.84. The molecule has 3 aliphatic heterocycles. The van der Waals surface area contributed by atoms with Gasteiger partial charge in [-0.05, 0) is 26.0 Å². The van der Waals surface area contributed by atoms with E-state index in [1.54, 1.807) is 24.3 Å². The Bertz CT molecular complexity index is 753. The first-order valence-electron chi connectivity index (χ1n) is 7.28. The van der Waals surface area contributed by atoms with Crippen LogP contribution in [0, 0.1) is 11.8 Å². The molecule has 0 N–H and O–H groups in total. The standard InChI is InChI=1S/C17H15NO4/c1-9(19)10-4-3-5-11(8-10)18-15(20)13-12-6-7-17(2,22-12)14(13)16(18)21/h3-8,12-14H,1-2H3/t12-,13+,14-,17-/m1/s1. The van der Waals surface area contributed by atoms with E-state index in [0.717, 1.165) is 0 Å². The number of rotatable bonds is 2. The first-order valence-corrected chi connectivity index (χ1v) is 7.28. The summed E-state index contributed by atoms with van der Waals surface area (Å²) in [4.78, 5) is 38.2. The van der Waals surface area contributed by atoms with E-state index in [1.165, 1.54) is 11.8 Å². The van der Waals surface area contributed by atoms with Gasteiger partial charge in [-0.3, -0.25) is 14.4 Å². The van der Waals surface area contributed by atoms with E-state index in [-0.39, 0.29) is 23.7 Å². The highest BCUT2D eigenvalue weighted by Gasteiger charge is 2.66. The van der Waals surface area contributed by atoms with E-state index in [9.17, 15) is 14.4 Å². The fourth-order valence-corrected chi connectivity index (χ4v) is 3.77. The zero-order valence-electron chi connectivity index (χ0n) is 12.3. The molecule has 1 aromatic rings. The molecule has 22 heavy (non-hydrogen) atoms. The molecule has 0 aromatic heterocycles. The van der Waals surface area contributed by atoms with Gasteiger partial charge in [-0.1, -0.05) is 24.3 Å². The molecule has 4 rings (SSSR count). The molecule has 4 atom stereocenters. The molecule has 3 heterocycles. The summed E-state index contributed by atoms with van der Waals surface area (Å²) in [6.45, 7) is 3.30. The SMILES string of the molecule is CC(=O)c1cccc(N2C(=O)[C@H]3[C@H]4C=C[C@@](C)(O4)[C@H]3C2=O)c1. The molecule has 0 radical (unpaired) electrons. The van der Waals surface area contributed by atoms with Gasteiger partial charge in [-0.15, -0.1) is 0 Å². The number of imide groups is 1. The second-order valence-corrected chi connectivity index (χ2v) is 6.25. The quantitative estimate of drug-likeness (QED) is 0.474. The molecule has 2 saturated heterocycles. The van der Waals surface area contributed by atoms with Crippen LogP contribution in [0.4, 0.5) is 5.69 Å². The van der Waals surface area contributed by atoms with Crippen molar-refractivity contribution < 1.29 is 19.1 Å². The van der Waals surface area contributed by atoms with Crippen LogP contribution in [0.5, 0.6) is 0 Å². The van der Waals surface area contributed by atoms with Crippen molar-refractivity contribution in [3.8, 4) is 0 Å². The molecule has 0 spiro atoms. The number of hydrogen-bond acceptors (Lipinski definition) is 4. The van der Waals surface area contributed by atoms with Gasteiger partial charge in [0.25, 0.3) is 0 Å². The average molecular weight is 297 g/mol. The molecule has 0 aliphatic carbocycles. The molecule has 0 saturated carbocycles. The molecule has 3 aliphatic rings. The number of amides is 2. The molecule has 0 unspecified atom stereocenters. The van der Waals surface area contributed by atoms with Gasteiger partial charge in [0.05, 0.1) is 29.2 Å². The Kier molecular flexibility index (Phi) is 2.52. The largest absolute Gasteiger partial charge is 0.362 e. The molecule has 5 heteroatoms. The summed E-state index contributed by atoms with van der Waals surface area (Å²) in [5.41, 5.74) is 0.244. The lowest BCUT2D eigenvalue weighted by Crippen LogP contribution is -2.38. The minimum Gasteiger partial charge on any atom is -0.362 e. The number of Topliss-reactive ketones (excluding diaryl/α,β-unsaturated/α-hetero) is 1. The maximum atomic E-state index is 12.8. The van der Waals surface area contributed by atoms with Crippen molar-refractivity contribution in [1.29, 1.82) is 0 Å². The zero-order valence-corrected chi connectivity index (χ0v) is 12.3. The lowest BCUT2D eigenvalue weighted by molar-refractivity contribution is -0.126. The van der Waals surface area contributed by atoms with Crippen LogP contribution in [0.15, 0.2) is 36.4 Å². The van der Waals surface area contributed by atoms with Crippen LogP contribution >= 0.6 is 0 Å². The molecule has 1 aromatic carbocycles. The van der Waals surface area contributed by atoms with E-state index < -0.39 is 17.4 Å². The van der Waals surface area contributed by atoms with E-state index in [1.807, 2.05) is 19.1 Å². The average Bonchev–Trinajstić information content (AvgIpc) is 3.08. The Morgan fingerprint density at radius 3 is 2.73 bits per heavy atom. The fraction of sp³-hybridized carbons (Fsp3) is 0.353.